The van der Waals surface area contributed by atoms with Crippen molar-refractivity contribution in [2.24, 2.45) is 17.8 Å². The van der Waals surface area contributed by atoms with Crippen molar-refractivity contribution in [3.8, 4) is 0 Å². The number of allylic oxidation sites excluding steroid dienone is 2. The number of carbonyl (C=O) groups is 1. The fourth-order valence-electron chi connectivity index (χ4n) is 4.44. The van der Waals surface area contributed by atoms with Crippen LogP contribution in [0.25, 0.3) is 0 Å². The van der Waals surface area contributed by atoms with Gasteiger partial charge in [-0.25, -0.2) is 0 Å². The van der Waals surface area contributed by atoms with Gasteiger partial charge < -0.3 is 4.74 Å². The highest BCUT2D eigenvalue weighted by atomic mass is 35.5. The van der Waals surface area contributed by atoms with E-state index >= 15 is 0 Å². The zero-order valence-electron chi connectivity index (χ0n) is 13.1. The molecule has 0 N–H and O–H groups in total. The molecule has 142 valence electrons. The first-order valence-corrected chi connectivity index (χ1v) is 11.0. The Morgan fingerprint density at radius 3 is 2.20 bits per heavy atom. The van der Waals surface area contributed by atoms with Crippen LogP contribution >= 0.6 is 81.2 Å². The number of rotatable bonds is 5. The van der Waals surface area contributed by atoms with Crippen LogP contribution in [0.15, 0.2) is 10.1 Å². The Labute approximate surface area is 182 Å². The minimum Gasteiger partial charge on any atom is -0.465 e. The Hall–Kier alpha value is 1.24. The Kier molecular flexibility index (Phi) is 6.08. The number of esters is 1. The van der Waals surface area contributed by atoms with Crippen LogP contribution < -0.4 is 0 Å². The SMILES string of the molecule is O=C(OCCCCCl)[C@@H]1CC[C@@H]2[C@H](C1)[C@@]1(Cl)C(Cl)=C(Cl)[C@@]2(Cl)C1(Cl)Cl. The van der Waals surface area contributed by atoms with Crippen molar-refractivity contribution >= 4 is 87.2 Å². The Morgan fingerprint density at radius 2 is 1.60 bits per heavy atom. The van der Waals surface area contributed by atoms with Gasteiger partial charge in [-0.3, -0.25) is 4.79 Å². The maximum atomic E-state index is 12.4. The van der Waals surface area contributed by atoms with Crippen LogP contribution in [0.2, 0.25) is 0 Å². The van der Waals surface area contributed by atoms with Crippen molar-refractivity contribution in [1.82, 2.24) is 0 Å². The first-order chi connectivity index (χ1) is 11.6. The second-order valence-electron chi connectivity index (χ2n) is 6.91. The predicted molar refractivity (Wildman–Crippen MR) is 106 cm³/mol. The van der Waals surface area contributed by atoms with E-state index in [1.165, 1.54) is 0 Å². The van der Waals surface area contributed by atoms with Gasteiger partial charge in [0, 0.05) is 5.88 Å². The largest absolute Gasteiger partial charge is 0.465 e. The molecule has 2 fully saturated rings. The summed E-state index contributed by atoms with van der Waals surface area (Å²) in [5, 5.41) is 0.410. The molecule has 2 bridgehead atoms. The van der Waals surface area contributed by atoms with Crippen molar-refractivity contribution < 1.29 is 9.53 Å². The van der Waals surface area contributed by atoms with Crippen LogP contribution in [0, 0.1) is 17.8 Å². The van der Waals surface area contributed by atoms with Gasteiger partial charge in [0.15, 0.2) is 4.33 Å². The summed E-state index contributed by atoms with van der Waals surface area (Å²) in [5.74, 6) is -0.348. The van der Waals surface area contributed by atoms with E-state index in [1.54, 1.807) is 0 Å². The molecule has 2 nitrogen and oxygen atoms in total. The number of fused-ring (bicyclic) bond motifs is 5. The third kappa shape index (κ3) is 2.76. The van der Waals surface area contributed by atoms with Gasteiger partial charge in [0.25, 0.3) is 0 Å². The lowest BCUT2D eigenvalue weighted by atomic mass is 9.69. The lowest BCUT2D eigenvalue weighted by Crippen LogP contribution is -2.44. The van der Waals surface area contributed by atoms with E-state index in [9.17, 15) is 4.79 Å². The molecule has 0 saturated heterocycles. The van der Waals surface area contributed by atoms with Gasteiger partial charge in [0.2, 0.25) is 0 Å². The molecule has 0 aromatic rings. The molecule has 3 rings (SSSR count). The number of ether oxygens (including phenoxy) is 1. The van der Waals surface area contributed by atoms with E-state index in [4.69, 9.17) is 85.9 Å². The molecule has 0 aromatic carbocycles. The molecule has 9 heteroatoms. The summed E-state index contributed by atoms with van der Waals surface area (Å²) in [6.07, 6.45) is 3.28. The third-order valence-corrected chi connectivity index (χ3v) is 10.3. The molecule has 0 unspecified atom stereocenters. The highest BCUT2D eigenvalue weighted by Crippen LogP contribution is 2.78. The monoisotopic (exact) mass is 486 g/mol. The fourth-order valence-corrected chi connectivity index (χ4v) is 7.76. The zero-order valence-corrected chi connectivity index (χ0v) is 18.4. The molecule has 0 spiro atoms. The molecular weight excluding hydrogens is 472 g/mol. The van der Waals surface area contributed by atoms with Gasteiger partial charge in [0.1, 0.15) is 9.75 Å². The zero-order chi connectivity index (χ0) is 18.6. The van der Waals surface area contributed by atoms with Gasteiger partial charge in [-0.15, -0.1) is 34.8 Å². The molecule has 0 aromatic heterocycles. The number of hydrogen-bond donors (Lipinski definition) is 0. The first-order valence-electron chi connectivity index (χ1n) is 8.18. The molecule has 0 radical (unpaired) electrons. The highest BCUT2D eigenvalue weighted by molar-refractivity contribution is 6.65. The van der Waals surface area contributed by atoms with Gasteiger partial charge in [-0.05, 0) is 43.9 Å². The third-order valence-electron chi connectivity index (χ3n) is 5.72. The van der Waals surface area contributed by atoms with Gasteiger partial charge in [0.05, 0.1) is 22.6 Å². The Bertz CT molecular complexity index is 607. The second-order valence-corrected chi connectivity index (χ2v) is 10.6. The first kappa shape index (κ1) is 21.0. The summed E-state index contributed by atoms with van der Waals surface area (Å²) in [7, 11) is 0. The average molecular weight is 489 g/mol. The van der Waals surface area contributed by atoms with Crippen molar-refractivity contribution in [1.29, 1.82) is 0 Å². The van der Waals surface area contributed by atoms with Gasteiger partial charge in [-0.2, -0.15) is 0 Å². The summed E-state index contributed by atoms with van der Waals surface area (Å²) in [6, 6.07) is 0. The molecule has 0 amide bonds. The maximum Gasteiger partial charge on any atom is 0.308 e. The van der Waals surface area contributed by atoms with E-state index in [2.05, 4.69) is 0 Å². The number of unbranched alkanes of at least 4 members (excludes halogenated alkanes) is 1. The summed E-state index contributed by atoms with van der Waals surface area (Å²) < 4.78 is 3.82. The van der Waals surface area contributed by atoms with Crippen molar-refractivity contribution in [3.63, 3.8) is 0 Å². The van der Waals surface area contributed by atoms with Gasteiger partial charge >= 0.3 is 5.97 Å². The normalized spacial score (nSPS) is 41.8. The summed E-state index contributed by atoms with van der Waals surface area (Å²) in [4.78, 5) is 9.86. The quantitative estimate of drug-likeness (QED) is 0.253. The molecular formula is C16H17Cl7O2. The molecule has 5 atom stereocenters. The van der Waals surface area contributed by atoms with E-state index < -0.39 is 14.1 Å². The van der Waals surface area contributed by atoms with E-state index in [0.29, 0.717) is 31.7 Å². The molecule has 3 aliphatic rings. The van der Waals surface area contributed by atoms with Crippen LogP contribution in [0.5, 0.6) is 0 Å². The average Bonchev–Trinajstić information content (AvgIpc) is 2.79. The van der Waals surface area contributed by atoms with Crippen LogP contribution in [-0.4, -0.2) is 32.5 Å². The van der Waals surface area contributed by atoms with Crippen molar-refractivity contribution in [2.75, 3.05) is 12.5 Å². The fraction of sp³-hybridized carbons (Fsp3) is 0.812. The number of alkyl halides is 5. The molecule has 0 aliphatic heterocycles. The van der Waals surface area contributed by atoms with E-state index in [-0.39, 0.29) is 33.8 Å². The molecule has 2 saturated carbocycles. The van der Waals surface area contributed by atoms with Crippen LogP contribution in [0.3, 0.4) is 0 Å². The molecule has 3 aliphatic carbocycles. The lowest BCUT2D eigenvalue weighted by Gasteiger charge is -2.42. The number of hydrogen-bond acceptors (Lipinski definition) is 2. The van der Waals surface area contributed by atoms with Gasteiger partial charge in [-0.1, -0.05) is 46.4 Å². The van der Waals surface area contributed by atoms with Crippen LogP contribution in [-0.2, 0) is 9.53 Å². The number of halogens is 7. The second kappa shape index (κ2) is 7.25. The summed E-state index contributed by atoms with van der Waals surface area (Å²) in [6.45, 7) is 0.364. The standard InChI is InChI=1S/C16H17Cl7O2/c17-5-1-2-6-25-13(24)8-3-4-9-10(7-8)15(21)12(19)11(18)14(9,20)16(15,22)23/h8-10H,1-7H2/t8-,9-,10+,14-,15-/m1/s1. The highest BCUT2D eigenvalue weighted by Gasteiger charge is 2.82. The van der Waals surface area contributed by atoms with Crippen molar-refractivity contribution in [3.05, 3.63) is 10.1 Å². The van der Waals surface area contributed by atoms with E-state index in [0.717, 1.165) is 12.8 Å². The summed E-state index contributed by atoms with van der Waals surface area (Å²) >= 11 is 45.1. The maximum absolute atomic E-state index is 12.4. The summed E-state index contributed by atoms with van der Waals surface area (Å²) in [5.41, 5.74) is 0. The van der Waals surface area contributed by atoms with E-state index in [1.807, 2.05) is 0 Å². The molecule has 25 heavy (non-hydrogen) atoms. The Morgan fingerprint density at radius 1 is 1.00 bits per heavy atom. The minimum atomic E-state index is -1.54. The van der Waals surface area contributed by atoms with Crippen LogP contribution in [0.1, 0.15) is 32.1 Å². The number of carbonyl (C=O) groups excluding carboxylic acids is 1. The lowest BCUT2D eigenvalue weighted by molar-refractivity contribution is -0.150. The topological polar surface area (TPSA) is 26.3 Å². The molecule has 0 heterocycles. The Balaban J connectivity index is 1.78. The van der Waals surface area contributed by atoms with Crippen molar-refractivity contribution in [2.45, 2.75) is 46.2 Å². The predicted octanol–water partition coefficient (Wildman–Crippen LogP) is 6.43. The van der Waals surface area contributed by atoms with Crippen LogP contribution in [0.4, 0.5) is 0 Å². The minimum absolute atomic E-state index is 0.142. The smallest absolute Gasteiger partial charge is 0.308 e.